The van der Waals surface area contributed by atoms with Crippen LogP contribution in [0.5, 0.6) is 0 Å². The monoisotopic (exact) mass is 355 g/mol. The maximum atomic E-state index is 11.9. The third kappa shape index (κ3) is 5.44. The van der Waals surface area contributed by atoms with E-state index in [1.807, 2.05) is 20.8 Å². The molecule has 3 heteroatoms. The van der Waals surface area contributed by atoms with Gasteiger partial charge in [-0.2, -0.15) is 0 Å². The van der Waals surface area contributed by atoms with E-state index < -0.39 is 0 Å². The van der Waals surface area contributed by atoms with Crippen molar-refractivity contribution in [3.05, 3.63) is 41.5 Å². The first kappa shape index (κ1) is 19.2. The molecule has 3 rings (SSSR count). The Kier molecular flexibility index (Phi) is 5.86. The van der Waals surface area contributed by atoms with Gasteiger partial charge in [0.05, 0.1) is 0 Å². The Labute approximate surface area is 158 Å². The third-order valence-electron chi connectivity index (χ3n) is 5.39. The van der Waals surface area contributed by atoms with Crippen LogP contribution >= 0.6 is 0 Å². The van der Waals surface area contributed by atoms with Gasteiger partial charge in [-0.3, -0.25) is 4.79 Å². The lowest BCUT2D eigenvalue weighted by Crippen LogP contribution is -2.43. The predicted octanol–water partition coefficient (Wildman–Crippen LogP) is 4.97. The second-order valence-electron chi connectivity index (χ2n) is 8.92. The van der Waals surface area contributed by atoms with Gasteiger partial charge in [0.15, 0.2) is 0 Å². The van der Waals surface area contributed by atoms with Crippen LogP contribution < -0.4 is 5.32 Å². The number of carbonyl (C=O) groups excluding carboxylic acids is 1. The SMILES string of the molecule is CC/C(=C\c1ccccc1)[C@@H]1C[C@H]1NC1CC(CC(=O)OC(C)(C)C)C1. The van der Waals surface area contributed by atoms with Crippen molar-refractivity contribution in [2.45, 2.75) is 77.5 Å². The number of ether oxygens (including phenoxy) is 1. The van der Waals surface area contributed by atoms with Gasteiger partial charge in [0.1, 0.15) is 5.60 Å². The van der Waals surface area contributed by atoms with Gasteiger partial charge in [-0.25, -0.2) is 0 Å². The highest BCUT2D eigenvalue weighted by Gasteiger charge is 2.42. The van der Waals surface area contributed by atoms with Gasteiger partial charge >= 0.3 is 5.97 Å². The Balaban J connectivity index is 1.40. The number of esters is 1. The van der Waals surface area contributed by atoms with Crippen LogP contribution in [0.25, 0.3) is 6.08 Å². The van der Waals surface area contributed by atoms with E-state index in [0.717, 1.165) is 19.3 Å². The fourth-order valence-electron chi connectivity index (χ4n) is 3.98. The number of hydrogen-bond donors (Lipinski definition) is 1. The first-order valence-electron chi connectivity index (χ1n) is 10.1. The summed E-state index contributed by atoms with van der Waals surface area (Å²) >= 11 is 0. The molecule has 0 aliphatic heterocycles. The molecule has 3 nitrogen and oxygen atoms in total. The van der Waals surface area contributed by atoms with E-state index in [1.165, 1.54) is 12.0 Å². The molecule has 1 aromatic carbocycles. The zero-order valence-corrected chi connectivity index (χ0v) is 16.6. The van der Waals surface area contributed by atoms with Crippen molar-refractivity contribution in [2.24, 2.45) is 11.8 Å². The first-order chi connectivity index (χ1) is 12.3. The van der Waals surface area contributed by atoms with Gasteiger partial charge in [0.25, 0.3) is 0 Å². The lowest BCUT2D eigenvalue weighted by atomic mass is 9.78. The fourth-order valence-corrected chi connectivity index (χ4v) is 3.98. The summed E-state index contributed by atoms with van der Waals surface area (Å²) in [7, 11) is 0. The second-order valence-corrected chi connectivity index (χ2v) is 8.92. The summed E-state index contributed by atoms with van der Waals surface area (Å²) < 4.78 is 5.43. The number of rotatable bonds is 7. The Morgan fingerprint density at radius 3 is 2.50 bits per heavy atom. The van der Waals surface area contributed by atoms with Crippen LogP contribution in [0.3, 0.4) is 0 Å². The summed E-state index contributed by atoms with van der Waals surface area (Å²) in [4.78, 5) is 11.9. The summed E-state index contributed by atoms with van der Waals surface area (Å²) in [5, 5.41) is 3.80. The maximum Gasteiger partial charge on any atom is 0.306 e. The van der Waals surface area contributed by atoms with E-state index in [4.69, 9.17) is 4.74 Å². The molecule has 142 valence electrons. The standard InChI is InChI=1S/C23H33NO2/c1-5-18(11-16-9-7-6-8-10-16)20-15-21(20)24-19-12-17(13-19)14-22(25)26-23(2,3)4/h6-11,17,19-21,24H,5,12-15H2,1-4H3/b18-11+/t17?,19?,20-,21+/m0/s1. The topological polar surface area (TPSA) is 38.3 Å². The Morgan fingerprint density at radius 2 is 1.88 bits per heavy atom. The van der Waals surface area contributed by atoms with Crippen molar-refractivity contribution in [3.8, 4) is 0 Å². The zero-order valence-electron chi connectivity index (χ0n) is 16.6. The highest BCUT2D eigenvalue weighted by Crippen LogP contribution is 2.42. The molecule has 0 radical (unpaired) electrons. The minimum absolute atomic E-state index is 0.0516. The van der Waals surface area contributed by atoms with Gasteiger partial charge in [-0.1, -0.05) is 48.9 Å². The molecule has 0 amide bonds. The van der Waals surface area contributed by atoms with E-state index in [0.29, 0.717) is 30.3 Å². The summed E-state index contributed by atoms with van der Waals surface area (Å²) in [5.41, 5.74) is 2.48. The van der Waals surface area contributed by atoms with Crippen LogP contribution in [-0.2, 0) is 9.53 Å². The van der Waals surface area contributed by atoms with Crippen LogP contribution in [0.2, 0.25) is 0 Å². The van der Waals surface area contributed by atoms with E-state index in [9.17, 15) is 4.79 Å². The highest BCUT2D eigenvalue weighted by molar-refractivity contribution is 5.70. The lowest BCUT2D eigenvalue weighted by Gasteiger charge is -2.36. The Morgan fingerprint density at radius 1 is 1.19 bits per heavy atom. The highest BCUT2D eigenvalue weighted by atomic mass is 16.6. The average molecular weight is 356 g/mol. The Bertz CT molecular complexity index is 638. The second kappa shape index (κ2) is 7.96. The van der Waals surface area contributed by atoms with Gasteiger partial charge in [0.2, 0.25) is 0 Å². The summed E-state index contributed by atoms with van der Waals surface area (Å²) in [6.07, 6.45) is 7.50. The van der Waals surface area contributed by atoms with Crippen LogP contribution in [0.1, 0.15) is 65.4 Å². The van der Waals surface area contributed by atoms with Gasteiger partial charge < -0.3 is 10.1 Å². The van der Waals surface area contributed by atoms with Crippen molar-refractivity contribution in [3.63, 3.8) is 0 Å². The lowest BCUT2D eigenvalue weighted by molar-refractivity contribution is -0.156. The molecule has 2 atom stereocenters. The molecular formula is C23H33NO2. The summed E-state index contributed by atoms with van der Waals surface area (Å²) in [5.74, 6) is 1.12. The molecule has 0 aromatic heterocycles. The van der Waals surface area contributed by atoms with E-state index in [-0.39, 0.29) is 11.6 Å². The summed E-state index contributed by atoms with van der Waals surface area (Å²) in [6, 6.07) is 11.8. The molecule has 0 heterocycles. The summed E-state index contributed by atoms with van der Waals surface area (Å²) in [6.45, 7) is 8.04. The molecule has 0 saturated heterocycles. The van der Waals surface area contributed by atoms with E-state index in [2.05, 4.69) is 48.6 Å². The van der Waals surface area contributed by atoms with Crippen molar-refractivity contribution in [2.75, 3.05) is 0 Å². The van der Waals surface area contributed by atoms with Crippen LogP contribution in [-0.4, -0.2) is 23.7 Å². The van der Waals surface area contributed by atoms with Gasteiger partial charge in [-0.15, -0.1) is 0 Å². The van der Waals surface area contributed by atoms with Crippen LogP contribution in [0, 0.1) is 11.8 Å². The predicted molar refractivity (Wildman–Crippen MR) is 107 cm³/mol. The van der Waals surface area contributed by atoms with Gasteiger partial charge in [0, 0.05) is 18.5 Å². The molecule has 2 aliphatic rings. The quantitative estimate of drug-likeness (QED) is 0.702. The molecule has 2 fully saturated rings. The number of hydrogen-bond acceptors (Lipinski definition) is 3. The molecular weight excluding hydrogens is 322 g/mol. The number of carbonyl (C=O) groups is 1. The van der Waals surface area contributed by atoms with Crippen LogP contribution in [0.15, 0.2) is 35.9 Å². The van der Waals surface area contributed by atoms with Crippen molar-refractivity contribution >= 4 is 12.0 Å². The molecule has 26 heavy (non-hydrogen) atoms. The maximum absolute atomic E-state index is 11.9. The minimum atomic E-state index is -0.374. The van der Waals surface area contributed by atoms with Crippen molar-refractivity contribution < 1.29 is 9.53 Å². The molecule has 0 unspecified atom stereocenters. The molecule has 2 aliphatic carbocycles. The normalized spacial score (nSPS) is 28.4. The van der Waals surface area contributed by atoms with Crippen LogP contribution in [0.4, 0.5) is 0 Å². The molecule has 0 spiro atoms. The number of benzene rings is 1. The zero-order chi connectivity index (χ0) is 18.7. The van der Waals surface area contributed by atoms with Crippen molar-refractivity contribution in [1.82, 2.24) is 5.32 Å². The molecule has 0 bridgehead atoms. The van der Waals surface area contributed by atoms with Gasteiger partial charge in [-0.05, 0) is 63.9 Å². The average Bonchev–Trinajstić information content (AvgIpc) is 3.29. The third-order valence-corrected chi connectivity index (χ3v) is 5.39. The van der Waals surface area contributed by atoms with Crippen molar-refractivity contribution in [1.29, 1.82) is 0 Å². The Hall–Kier alpha value is -1.61. The smallest absolute Gasteiger partial charge is 0.306 e. The first-order valence-corrected chi connectivity index (χ1v) is 10.1. The van der Waals surface area contributed by atoms with E-state index in [1.54, 1.807) is 5.57 Å². The fraction of sp³-hybridized carbons (Fsp3) is 0.609. The molecule has 1 N–H and O–H groups in total. The van der Waals surface area contributed by atoms with E-state index >= 15 is 0 Å². The molecule has 1 aromatic rings. The largest absolute Gasteiger partial charge is 0.460 e. The molecule has 2 saturated carbocycles. The minimum Gasteiger partial charge on any atom is -0.460 e. The number of nitrogens with one attached hydrogen (secondary N) is 1.